The van der Waals surface area contributed by atoms with Gasteiger partial charge in [-0.15, -0.1) is 10.2 Å². The van der Waals surface area contributed by atoms with Crippen molar-refractivity contribution in [2.45, 2.75) is 70.6 Å². The number of thioether (sulfide) groups is 1. The molecule has 7 heteroatoms. The number of carbonyl (C=O) groups excluding carboxylic acids is 1. The van der Waals surface area contributed by atoms with Gasteiger partial charge in [-0.2, -0.15) is 0 Å². The van der Waals surface area contributed by atoms with Crippen LogP contribution in [-0.2, 0) is 22.7 Å². The zero-order valence-corrected chi connectivity index (χ0v) is 21.9. The summed E-state index contributed by atoms with van der Waals surface area (Å²) in [6.45, 7) is 13.5. The molecule has 0 fully saturated rings. The van der Waals surface area contributed by atoms with Gasteiger partial charge in [0.1, 0.15) is 6.04 Å². The van der Waals surface area contributed by atoms with Crippen molar-refractivity contribution in [3.8, 4) is 0 Å². The number of hydrogen-bond donors (Lipinski definition) is 1. The van der Waals surface area contributed by atoms with E-state index in [0.29, 0.717) is 25.6 Å². The van der Waals surface area contributed by atoms with Crippen LogP contribution in [0, 0.1) is 5.41 Å². The van der Waals surface area contributed by atoms with Crippen LogP contribution in [0.5, 0.6) is 0 Å². The minimum absolute atomic E-state index is 0.0350. The predicted octanol–water partition coefficient (Wildman–Crippen LogP) is 5.64. The lowest BCUT2D eigenvalue weighted by Crippen LogP contribution is -2.40. The predicted molar refractivity (Wildman–Crippen MR) is 138 cm³/mol. The molecular formula is C27H36N4O2S. The Labute approximate surface area is 207 Å². The van der Waals surface area contributed by atoms with Crippen LogP contribution >= 0.6 is 11.8 Å². The van der Waals surface area contributed by atoms with Crippen molar-refractivity contribution in [2.24, 2.45) is 5.41 Å². The zero-order chi connectivity index (χ0) is 24.8. The first-order valence-corrected chi connectivity index (χ1v) is 12.4. The van der Waals surface area contributed by atoms with Crippen LogP contribution in [0.3, 0.4) is 0 Å². The average molecular weight is 481 g/mol. The van der Waals surface area contributed by atoms with E-state index < -0.39 is 11.5 Å². The third-order valence-corrected chi connectivity index (χ3v) is 6.12. The molecule has 0 saturated heterocycles. The summed E-state index contributed by atoms with van der Waals surface area (Å²) in [6.07, 6.45) is 0. The molecule has 6 nitrogen and oxygen atoms in total. The Morgan fingerprint density at radius 1 is 0.941 bits per heavy atom. The number of nitrogens with one attached hydrogen (secondary N) is 1. The van der Waals surface area contributed by atoms with Gasteiger partial charge < -0.3 is 10.1 Å². The summed E-state index contributed by atoms with van der Waals surface area (Å²) in [6, 6.07) is 19.8. The monoisotopic (exact) mass is 480 g/mol. The largest absolute Gasteiger partial charge is 0.374 e. The summed E-state index contributed by atoms with van der Waals surface area (Å²) in [5.74, 6) is 0.640. The Kier molecular flexibility index (Phi) is 8.55. The highest BCUT2D eigenvalue weighted by Gasteiger charge is 2.29. The van der Waals surface area contributed by atoms with Gasteiger partial charge in [-0.25, -0.2) is 0 Å². The molecule has 1 N–H and O–H groups in total. The van der Waals surface area contributed by atoms with Gasteiger partial charge >= 0.3 is 0 Å². The van der Waals surface area contributed by atoms with Crippen molar-refractivity contribution in [1.82, 2.24) is 20.1 Å². The van der Waals surface area contributed by atoms with Gasteiger partial charge in [-0.1, -0.05) is 114 Å². The fourth-order valence-electron chi connectivity index (χ4n) is 3.25. The number of nitrogens with zero attached hydrogens (tertiary/aromatic N) is 3. The summed E-state index contributed by atoms with van der Waals surface area (Å²) in [4.78, 5) is 13.0. The number of hydrogen-bond acceptors (Lipinski definition) is 5. The third-order valence-electron chi connectivity index (χ3n) is 5.02. The average Bonchev–Trinajstić information content (AvgIpc) is 3.14. The van der Waals surface area contributed by atoms with Gasteiger partial charge in [0.05, 0.1) is 19.8 Å². The molecule has 0 aliphatic heterocycles. The van der Waals surface area contributed by atoms with Gasteiger partial charge in [-0.05, 0) is 11.1 Å². The minimum atomic E-state index is -0.537. The fourth-order valence-corrected chi connectivity index (χ4v) is 4.14. The molecule has 2 aromatic carbocycles. The molecule has 0 unspecified atom stereocenters. The quantitative estimate of drug-likeness (QED) is 0.402. The lowest BCUT2D eigenvalue weighted by Gasteiger charge is -2.25. The second-order valence-corrected chi connectivity index (χ2v) is 12.2. The molecule has 182 valence electrons. The fraction of sp³-hybridized carbons (Fsp3) is 0.444. The van der Waals surface area contributed by atoms with E-state index in [9.17, 15) is 4.79 Å². The van der Waals surface area contributed by atoms with Crippen molar-refractivity contribution in [3.63, 3.8) is 0 Å². The molecule has 3 rings (SSSR count). The molecule has 0 aliphatic carbocycles. The molecule has 34 heavy (non-hydrogen) atoms. The topological polar surface area (TPSA) is 69.0 Å². The maximum Gasteiger partial charge on any atom is 0.226 e. The van der Waals surface area contributed by atoms with Crippen LogP contribution in [0.1, 0.15) is 64.5 Å². The highest BCUT2D eigenvalue weighted by molar-refractivity contribution is 8.00. The second kappa shape index (κ2) is 11.2. The van der Waals surface area contributed by atoms with Crippen LogP contribution in [0.25, 0.3) is 0 Å². The number of carbonyl (C=O) groups is 1. The first kappa shape index (κ1) is 26.0. The maximum absolute atomic E-state index is 13.0. The van der Waals surface area contributed by atoms with Crippen LogP contribution in [0.2, 0.25) is 0 Å². The van der Waals surface area contributed by atoms with Gasteiger partial charge in [0.2, 0.25) is 5.91 Å². The van der Waals surface area contributed by atoms with E-state index in [1.807, 2.05) is 69.3 Å². The second-order valence-electron chi connectivity index (χ2n) is 10.4. The number of amides is 1. The van der Waals surface area contributed by atoms with Crippen molar-refractivity contribution >= 4 is 17.7 Å². The number of ether oxygens (including phenoxy) is 1. The van der Waals surface area contributed by atoms with E-state index in [4.69, 9.17) is 4.74 Å². The standard InChI is InChI=1S/C27H36N4O2S/c1-26(2,3)24(32)28-22(19-33-18-21-15-11-8-12-16-21)23-29-30-25(34-27(4,5)6)31(23)17-20-13-9-7-10-14-20/h7-16,22H,17-19H2,1-6H3,(H,28,32)/t22-/m1/s1. The van der Waals surface area contributed by atoms with Gasteiger partial charge in [0.15, 0.2) is 11.0 Å². The first-order chi connectivity index (χ1) is 16.0. The molecule has 1 aromatic heterocycles. The van der Waals surface area contributed by atoms with Crippen LogP contribution in [0.4, 0.5) is 0 Å². The van der Waals surface area contributed by atoms with E-state index in [-0.39, 0.29) is 10.7 Å². The Hall–Kier alpha value is -2.64. The Morgan fingerprint density at radius 2 is 1.53 bits per heavy atom. The number of rotatable bonds is 9. The van der Waals surface area contributed by atoms with E-state index in [1.165, 1.54) is 0 Å². The summed E-state index contributed by atoms with van der Waals surface area (Å²) < 4.78 is 8.13. The van der Waals surface area contributed by atoms with E-state index in [0.717, 1.165) is 16.3 Å². The molecule has 0 radical (unpaired) electrons. The Balaban J connectivity index is 1.92. The van der Waals surface area contributed by atoms with Gasteiger partial charge in [0, 0.05) is 10.2 Å². The molecule has 0 aliphatic rings. The lowest BCUT2D eigenvalue weighted by atomic mass is 9.95. The molecule has 0 spiro atoms. The van der Waals surface area contributed by atoms with Crippen LogP contribution in [-0.4, -0.2) is 32.0 Å². The van der Waals surface area contributed by atoms with Crippen molar-refractivity contribution < 1.29 is 9.53 Å². The summed E-state index contributed by atoms with van der Waals surface area (Å²) in [5.41, 5.74) is 1.69. The molecular weight excluding hydrogens is 444 g/mol. The van der Waals surface area contributed by atoms with Gasteiger partial charge in [-0.3, -0.25) is 9.36 Å². The van der Waals surface area contributed by atoms with Crippen molar-refractivity contribution in [1.29, 1.82) is 0 Å². The van der Waals surface area contributed by atoms with E-state index >= 15 is 0 Å². The van der Waals surface area contributed by atoms with Crippen LogP contribution < -0.4 is 5.32 Å². The molecule has 3 aromatic rings. The molecule has 1 heterocycles. The Bertz CT molecular complexity index is 1050. The van der Waals surface area contributed by atoms with E-state index in [1.54, 1.807) is 11.8 Å². The summed E-state index contributed by atoms with van der Waals surface area (Å²) in [7, 11) is 0. The third kappa shape index (κ3) is 7.71. The maximum atomic E-state index is 13.0. The molecule has 0 bridgehead atoms. The molecule has 1 amide bonds. The number of aromatic nitrogens is 3. The van der Waals surface area contributed by atoms with Crippen molar-refractivity contribution in [3.05, 3.63) is 77.6 Å². The summed E-state index contributed by atoms with van der Waals surface area (Å²) >= 11 is 1.67. The summed E-state index contributed by atoms with van der Waals surface area (Å²) in [5, 5.41) is 13.1. The highest BCUT2D eigenvalue weighted by atomic mass is 32.2. The van der Waals surface area contributed by atoms with Crippen molar-refractivity contribution in [2.75, 3.05) is 6.61 Å². The minimum Gasteiger partial charge on any atom is -0.374 e. The highest BCUT2D eigenvalue weighted by Crippen LogP contribution is 2.32. The lowest BCUT2D eigenvalue weighted by molar-refractivity contribution is -0.130. The smallest absolute Gasteiger partial charge is 0.226 e. The molecule has 1 atom stereocenters. The Morgan fingerprint density at radius 3 is 2.09 bits per heavy atom. The van der Waals surface area contributed by atoms with Gasteiger partial charge in [0.25, 0.3) is 0 Å². The molecule has 0 saturated carbocycles. The number of benzene rings is 2. The normalized spacial score (nSPS) is 13.0. The SMILES string of the molecule is CC(C)(C)Sc1nnc([C@@H](COCc2ccccc2)NC(=O)C(C)(C)C)n1Cc1ccccc1. The first-order valence-electron chi connectivity index (χ1n) is 11.6. The van der Waals surface area contributed by atoms with E-state index in [2.05, 4.69) is 53.0 Å². The van der Waals surface area contributed by atoms with Crippen LogP contribution in [0.15, 0.2) is 65.8 Å². The zero-order valence-electron chi connectivity index (χ0n) is 21.0.